The minimum Gasteiger partial charge on any atom is -0.292 e. The molecule has 0 bridgehead atoms. The van der Waals surface area contributed by atoms with Crippen molar-refractivity contribution in [1.82, 2.24) is 4.90 Å². The molecule has 0 aliphatic carbocycles. The molecule has 3 fully saturated rings. The quantitative estimate of drug-likeness (QED) is 0.470. The minimum atomic E-state index is 0.700. The molecule has 50 valence electrons. The molecule has 9 heavy (non-hydrogen) atoms. The summed E-state index contributed by atoms with van der Waals surface area (Å²) in [4.78, 5) is 2.74. The Morgan fingerprint density at radius 3 is 2.11 bits per heavy atom. The maximum absolute atomic E-state index is 2.74. The van der Waals surface area contributed by atoms with Crippen molar-refractivity contribution in [2.24, 2.45) is 0 Å². The number of piperidine rings is 1. The second kappa shape index (κ2) is 1.07. The molecule has 3 aliphatic heterocycles. The van der Waals surface area contributed by atoms with Crippen LogP contribution in [0.2, 0.25) is 0 Å². The Hall–Kier alpha value is -0.0400. The highest BCUT2D eigenvalue weighted by molar-refractivity contribution is 5.18. The fourth-order valence-corrected chi connectivity index (χ4v) is 3.33. The van der Waals surface area contributed by atoms with Gasteiger partial charge in [-0.3, -0.25) is 4.90 Å². The zero-order valence-corrected chi connectivity index (χ0v) is 5.93. The van der Waals surface area contributed by atoms with Crippen molar-refractivity contribution in [3.8, 4) is 0 Å². The minimum absolute atomic E-state index is 0.700. The number of hydrogen-bond acceptors (Lipinski definition) is 1. The van der Waals surface area contributed by atoms with Crippen LogP contribution in [0.4, 0.5) is 0 Å². The Kier molecular flexibility index (Phi) is 0.563. The summed E-state index contributed by atoms with van der Waals surface area (Å²) >= 11 is 0. The highest BCUT2D eigenvalue weighted by Gasteiger charge is 2.62. The van der Waals surface area contributed by atoms with Crippen LogP contribution in [0.5, 0.6) is 0 Å². The van der Waals surface area contributed by atoms with Gasteiger partial charge < -0.3 is 0 Å². The Morgan fingerprint density at radius 1 is 1.22 bits per heavy atom. The zero-order valence-electron chi connectivity index (χ0n) is 5.93. The predicted octanol–water partition coefficient (Wildman–Crippen LogP) is 1.39. The van der Waals surface area contributed by atoms with E-state index in [9.17, 15) is 0 Å². The van der Waals surface area contributed by atoms with Crippen LogP contribution in [-0.4, -0.2) is 22.5 Å². The van der Waals surface area contributed by atoms with E-state index in [4.69, 9.17) is 0 Å². The molecule has 0 N–H and O–H groups in total. The van der Waals surface area contributed by atoms with E-state index in [1.807, 2.05) is 0 Å². The third-order valence-electron chi connectivity index (χ3n) is 3.59. The molecule has 0 aromatic rings. The molecule has 0 spiro atoms. The highest BCUT2D eigenvalue weighted by atomic mass is 15.4. The van der Waals surface area contributed by atoms with Crippen molar-refractivity contribution in [3.63, 3.8) is 0 Å². The fourth-order valence-electron chi connectivity index (χ4n) is 3.33. The van der Waals surface area contributed by atoms with Gasteiger partial charge in [-0.2, -0.15) is 0 Å². The first kappa shape index (κ1) is 4.73. The zero-order chi connectivity index (χ0) is 6.06. The highest BCUT2D eigenvalue weighted by Crippen LogP contribution is 2.57. The van der Waals surface area contributed by atoms with E-state index in [1.165, 1.54) is 25.7 Å². The van der Waals surface area contributed by atoms with Gasteiger partial charge in [-0.25, -0.2) is 0 Å². The SMILES string of the molecule is CC12CC3CCC(C1)N32. The van der Waals surface area contributed by atoms with Crippen LogP contribution in [0.3, 0.4) is 0 Å². The first-order chi connectivity index (χ1) is 4.30. The van der Waals surface area contributed by atoms with E-state index in [2.05, 4.69) is 11.8 Å². The summed E-state index contributed by atoms with van der Waals surface area (Å²) in [5.74, 6) is 0. The molecule has 3 aliphatic rings. The molecule has 1 nitrogen and oxygen atoms in total. The van der Waals surface area contributed by atoms with Crippen molar-refractivity contribution in [1.29, 1.82) is 0 Å². The van der Waals surface area contributed by atoms with Gasteiger partial charge in [0.1, 0.15) is 0 Å². The summed E-state index contributed by atoms with van der Waals surface area (Å²) in [5.41, 5.74) is 0.700. The van der Waals surface area contributed by atoms with Crippen LogP contribution in [0, 0.1) is 0 Å². The summed E-state index contributed by atoms with van der Waals surface area (Å²) in [7, 11) is 0. The van der Waals surface area contributed by atoms with Crippen molar-refractivity contribution in [2.75, 3.05) is 0 Å². The van der Waals surface area contributed by atoms with E-state index in [-0.39, 0.29) is 0 Å². The molecule has 0 aromatic carbocycles. The molecule has 0 aromatic heterocycles. The molecule has 2 atom stereocenters. The lowest BCUT2D eigenvalue weighted by molar-refractivity contribution is -0.152. The average molecular weight is 123 g/mol. The smallest absolute Gasteiger partial charge is 0.0217 e. The van der Waals surface area contributed by atoms with Gasteiger partial charge in [-0.05, 0) is 32.6 Å². The van der Waals surface area contributed by atoms with E-state index in [1.54, 1.807) is 0 Å². The van der Waals surface area contributed by atoms with Gasteiger partial charge in [0.2, 0.25) is 0 Å². The molecular formula is C8H13N. The molecular weight excluding hydrogens is 110 g/mol. The number of rotatable bonds is 0. The lowest BCUT2D eigenvalue weighted by Crippen LogP contribution is -2.73. The normalized spacial score (nSPS) is 62.3. The second-order valence-corrected chi connectivity index (χ2v) is 4.20. The largest absolute Gasteiger partial charge is 0.292 e. The maximum atomic E-state index is 2.74. The topological polar surface area (TPSA) is 3.24 Å². The summed E-state index contributed by atoms with van der Waals surface area (Å²) in [6.07, 6.45) is 6.01. The predicted molar refractivity (Wildman–Crippen MR) is 36.3 cm³/mol. The standard InChI is InChI=1S/C8H13N/c1-8-4-6-2-3-7(5-8)9(6)8/h6-7H,2-5H2,1H3. The van der Waals surface area contributed by atoms with Crippen molar-refractivity contribution in [3.05, 3.63) is 0 Å². The van der Waals surface area contributed by atoms with Gasteiger partial charge in [-0.15, -0.1) is 0 Å². The maximum Gasteiger partial charge on any atom is 0.0217 e. The Balaban J connectivity index is 1.97. The third kappa shape index (κ3) is 0.337. The Bertz CT molecular complexity index is 150. The average Bonchev–Trinajstić information content (AvgIpc) is 1.90. The van der Waals surface area contributed by atoms with E-state index in [0.717, 1.165) is 12.1 Å². The van der Waals surface area contributed by atoms with Gasteiger partial charge >= 0.3 is 0 Å². The summed E-state index contributed by atoms with van der Waals surface area (Å²) in [5, 5.41) is 0. The first-order valence-electron chi connectivity index (χ1n) is 4.08. The third-order valence-corrected chi connectivity index (χ3v) is 3.59. The molecule has 2 unspecified atom stereocenters. The summed E-state index contributed by atoms with van der Waals surface area (Å²) in [6.45, 7) is 2.42. The van der Waals surface area contributed by atoms with Crippen LogP contribution in [-0.2, 0) is 0 Å². The summed E-state index contributed by atoms with van der Waals surface area (Å²) in [6, 6.07) is 2.04. The van der Waals surface area contributed by atoms with Crippen molar-refractivity contribution >= 4 is 0 Å². The molecule has 1 heteroatoms. The number of hydrogen-bond donors (Lipinski definition) is 0. The molecule has 0 amide bonds. The molecule has 0 radical (unpaired) electrons. The van der Waals surface area contributed by atoms with Crippen LogP contribution in [0.1, 0.15) is 32.6 Å². The van der Waals surface area contributed by atoms with Crippen LogP contribution in [0.25, 0.3) is 0 Å². The van der Waals surface area contributed by atoms with E-state index >= 15 is 0 Å². The lowest BCUT2D eigenvalue weighted by Gasteiger charge is -2.65. The first-order valence-corrected chi connectivity index (χ1v) is 4.08. The van der Waals surface area contributed by atoms with Gasteiger partial charge in [-0.1, -0.05) is 0 Å². The molecule has 3 rings (SSSR count). The fraction of sp³-hybridized carbons (Fsp3) is 1.00. The van der Waals surface area contributed by atoms with Crippen LogP contribution >= 0.6 is 0 Å². The van der Waals surface area contributed by atoms with Crippen molar-refractivity contribution < 1.29 is 0 Å². The van der Waals surface area contributed by atoms with Gasteiger partial charge in [0.05, 0.1) is 0 Å². The van der Waals surface area contributed by atoms with Gasteiger partial charge in [0.25, 0.3) is 0 Å². The molecule has 3 saturated heterocycles. The van der Waals surface area contributed by atoms with Crippen LogP contribution < -0.4 is 0 Å². The molecule has 0 saturated carbocycles. The Morgan fingerprint density at radius 2 is 1.78 bits per heavy atom. The van der Waals surface area contributed by atoms with Crippen molar-refractivity contribution in [2.45, 2.75) is 50.2 Å². The Labute approximate surface area is 56.0 Å². The van der Waals surface area contributed by atoms with Gasteiger partial charge in [0, 0.05) is 17.6 Å². The molecule has 3 heterocycles. The van der Waals surface area contributed by atoms with Crippen LogP contribution in [0.15, 0.2) is 0 Å². The van der Waals surface area contributed by atoms with E-state index in [0.29, 0.717) is 5.54 Å². The monoisotopic (exact) mass is 123 g/mol. The number of nitrogens with zero attached hydrogens (tertiary/aromatic N) is 1. The van der Waals surface area contributed by atoms with E-state index < -0.39 is 0 Å². The second-order valence-electron chi connectivity index (χ2n) is 4.20. The lowest BCUT2D eigenvalue weighted by atomic mass is 9.70. The van der Waals surface area contributed by atoms with Gasteiger partial charge in [0.15, 0.2) is 0 Å². The summed E-state index contributed by atoms with van der Waals surface area (Å²) < 4.78 is 0.